The summed E-state index contributed by atoms with van der Waals surface area (Å²) < 4.78 is 0. The molecule has 1 unspecified atom stereocenters. The van der Waals surface area contributed by atoms with Gasteiger partial charge in [-0.3, -0.25) is 4.79 Å². The Kier molecular flexibility index (Phi) is 5.53. The highest BCUT2D eigenvalue weighted by Crippen LogP contribution is 2.08. The summed E-state index contributed by atoms with van der Waals surface area (Å²) >= 11 is 1.60. The Balaban J connectivity index is 4.27. The number of rotatable bonds is 4. The van der Waals surface area contributed by atoms with Crippen LogP contribution in [0.25, 0.3) is 0 Å². The van der Waals surface area contributed by atoms with Gasteiger partial charge in [-0.05, 0) is 12.7 Å². The average molecular weight is 205 g/mol. The fourth-order valence-corrected chi connectivity index (χ4v) is 1.86. The van der Waals surface area contributed by atoms with Crippen LogP contribution in [0.1, 0.15) is 13.3 Å². The van der Waals surface area contributed by atoms with Crippen molar-refractivity contribution in [1.29, 1.82) is 0 Å². The number of carbonyl (C=O) groups is 2. The van der Waals surface area contributed by atoms with Crippen molar-refractivity contribution < 1.29 is 14.7 Å². The third-order valence-corrected chi connectivity index (χ3v) is 2.60. The van der Waals surface area contributed by atoms with Crippen LogP contribution in [0.15, 0.2) is 0 Å². The molecule has 0 aliphatic heterocycles. The van der Waals surface area contributed by atoms with Gasteiger partial charge in [-0.15, -0.1) is 0 Å². The predicted molar refractivity (Wildman–Crippen MR) is 52.9 cm³/mol. The molecule has 4 nitrogen and oxygen atoms in total. The van der Waals surface area contributed by atoms with Crippen molar-refractivity contribution in [1.82, 2.24) is 4.90 Å². The van der Waals surface area contributed by atoms with Gasteiger partial charge < -0.3 is 10.0 Å². The predicted octanol–water partition coefficient (Wildman–Crippen LogP) is 0.671. The van der Waals surface area contributed by atoms with Crippen LogP contribution < -0.4 is 0 Å². The standard InChI is InChI=1S/C8H15NO3S/c1-4-6(5-13-3)9(2)7(10)8(11)12/h6H,4-5H2,1-3H3,(H,11,12). The van der Waals surface area contributed by atoms with Gasteiger partial charge in [0.1, 0.15) is 0 Å². The molecule has 0 spiro atoms. The third kappa shape index (κ3) is 3.67. The van der Waals surface area contributed by atoms with Gasteiger partial charge in [0.05, 0.1) is 0 Å². The smallest absolute Gasteiger partial charge is 0.394 e. The Morgan fingerprint density at radius 1 is 1.54 bits per heavy atom. The molecule has 0 saturated heterocycles. The van der Waals surface area contributed by atoms with Crippen LogP contribution in [0, 0.1) is 0 Å². The number of hydrogen-bond donors (Lipinski definition) is 1. The van der Waals surface area contributed by atoms with E-state index < -0.39 is 11.9 Å². The number of thioether (sulfide) groups is 1. The van der Waals surface area contributed by atoms with Gasteiger partial charge in [-0.2, -0.15) is 11.8 Å². The largest absolute Gasteiger partial charge is 0.474 e. The molecule has 13 heavy (non-hydrogen) atoms. The van der Waals surface area contributed by atoms with E-state index >= 15 is 0 Å². The van der Waals surface area contributed by atoms with E-state index in [0.717, 1.165) is 12.2 Å². The van der Waals surface area contributed by atoms with E-state index in [1.54, 1.807) is 11.8 Å². The Morgan fingerprint density at radius 3 is 2.38 bits per heavy atom. The SMILES string of the molecule is CCC(CSC)N(C)C(=O)C(=O)O. The maximum Gasteiger partial charge on any atom is 0.394 e. The van der Waals surface area contributed by atoms with Gasteiger partial charge in [0.2, 0.25) is 0 Å². The second-order valence-electron chi connectivity index (χ2n) is 2.74. The van der Waals surface area contributed by atoms with Crippen LogP contribution in [0.4, 0.5) is 0 Å². The van der Waals surface area contributed by atoms with Gasteiger partial charge in [0, 0.05) is 18.8 Å². The molecular formula is C8H15NO3S. The normalized spacial score (nSPS) is 12.2. The summed E-state index contributed by atoms with van der Waals surface area (Å²) in [6.07, 6.45) is 2.71. The summed E-state index contributed by atoms with van der Waals surface area (Å²) in [5, 5.41) is 8.47. The van der Waals surface area contributed by atoms with Gasteiger partial charge in [-0.1, -0.05) is 6.92 Å². The number of nitrogens with zero attached hydrogens (tertiary/aromatic N) is 1. The number of aliphatic carboxylic acids is 1. The summed E-state index contributed by atoms with van der Waals surface area (Å²) in [5.74, 6) is -1.45. The van der Waals surface area contributed by atoms with Crippen molar-refractivity contribution in [3.8, 4) is 0 Å². The molecule has 0 aliphatic rings. The van der Waals surface area contributed by atoms with Crippen molar-refractivity contribution in [3.05, 3.63) is 0 Å². The molecule has 0 aromatic rings. The zero-order valence-corrected chi connectivity index (χ0v) is 8.93. The topological polar surface area (TPSA) is 57.6 Å². The zero-order valence-electron chi connectivity index (χ0n) is 8.11. The fraction of sp³-hybridized carbons (Fsp3) is 0.750. The van der Waals surface area contributed by atoms with Crippen molar-refractivity contribution in [3.63, 3.8) is 0 Å². The molecule has 1 amide bonds. The summed E-state index contributed by atoms with van der Waals surface area (Å²) in [5.41, 5.74) is 0. The maximum absolute atomic E-state index is 11.0. The first-order chi connectivity index (χ1) is 6.04. The average Bonchev–Trinajstić information content (AvgIpc) is 2.11. The van der Waals surface area contributed by atoms with Gasteiger partial charge in [-0.25, -0.2) is 4.79 Å². The third-order valence-electron chi connectivity index (χ3n) is 1.88. The van der Waals surface area contributed by atoms with Crippen LogP contribution >= 0.6 is 11.8 Å². The lowest BCUT2D eigenvalue weighted by molar-refractivity contribution is -0.156. The first-order valence-corrected chi connectivity index (χ1v) is 5.43. The first-order valence-electron chi connectivity index (χ1n) is 4.03. The Bertz CT molecular complexity index is 196. The highest BCUT2D eigenvalue weighted by Gasteiger charge is 2.22. The molecule has 0 rings (SSSR count). The molecule has 1 atom stereocenters. The lowest BCUT2D eigenvalue weighted by Crippen LogP contribution is -2.42. The minimum absolute atomic E-state index is 0.0126. The Labute approximate surface area is 82.3 Å². The molecule has 0 aromatic carbocycles. The number of carboxylic acids is 1. The maximum atomic E-state index is 11.0. The molecule has 0 heterocycles. The van der Waals surface area contributed by atoms with Crippen molar-refractivity contribution in [2.75, 3.05) is 19.1 Å². The van der Waals surface area contributed by atoms with E-state index in [0.29, 0.717) is 0 Å². The molecule has 0 aromatic heterocycles. The minimum atomic E-state index is -1.39. The lowest BCUT2D eigenvalue weighted by Gasteiger charge is -2.24. The molecule has 1 N–H and O–H groups in total. The van der Waals surface area contributed by atoms with Gasteiger partial charge in [0.15, 0.2) is 0 Å². The number of carbonyl (C=O) groups excluding carboxylic acids is 1. The van der Waals surface area contributed by atoms with Crippen LogP contribution in [-0.4, -0.2) is 47.0 Å². The lowest BCUT2D eigenvalue weighted by atomic mass is 10.2. The molecule has 0 saturated carbocycles. The van der Waals surface area contributed by atoms with Crippen LogP contribution in [-0.2, 0) is 9.59 Å². The van der Waals surface area contributed by atoms with E-state index in [4.69, 9.17) is 5.11 Å². The minimum Gasteiger partial charge on any atom is -0.474 e. The van der Waals surface area contributed by atoms with E-state index in [9.17, 15) is 9.59 Å². The van der Waals surface area contributed by atoms with E-state index in [-0.39, 0.29) is 6.04 Å². The molecule has 76 valence electrons. The van der Waals surface area contributed by atoms with Crippen molar-refractivity contribution in [2.24, 2.45) is 0 Å². The second-order valence-corrected chi connectivity index (χ2v) is 3.65. The highest BCUT2D eigenvalue weighted by atomic mass is 32.2. The van der Waals surface area contributed by atoms with Crippen LogP contribution in [0.3, 0.4) is 0 Å². The number of amides is 1. The summed E-state index contributed by atoms with van der Waals surface area (Å²) in [6, 6.07) is 0.0126. The molecule has 0 bridgehead atoms. The van der Waals surface area contributed by atoms with Crippen molar-refractivity contribution >= 4 is 23.6 Å². The van der Waals surface area contributed by atoms with Crippen LogP contribution in [0.5, 0.6) is 0 Å². The van der Waals surface area contributed by atoms with E-state index in [2.05, 4.69) is 0 Å². The second kappa shape index (κ2) is 5.85. The molecule has 0 radical (unpaired) electrons. The fourth-order valence-electron chi connectivity index (χ4n) is 1.01. The Morgan fingerprint density at radius 2 is 2.08 bits per heavy atom. The van der Waals surface area contributed by atoms with E-state index in [1.807, 2.05) is 13.2 Å². The zero-order chi connectivity index (χ0) is 10.4. The molecule has 0 fully saturated rings. The number of likely N-dealkylation sites (N-methyl/N-ethyl adjacent to an activating group) is 1. The van der Waals surface area contributed by atoms with Gasteiger partial charge in [0.25, 0.3) is 0 Å². The molecule has 5 heteroatoms. The van der Waals surface area contributed by atoms with Crippen LogP contribution in [0.2, 0.25) is 0 Å². The quantitative estimate of drug-likeness (QED) is 0.685. The monoisotopic (exact) mass is 205 g/mol. The highest BCUT2D eigenvalue weighted by molar-refractivity contribution is 7.98. The molecule has 0 aliphatic carbocycles. The first kappa shape index (κ1) is 12.3. The summed E-state index contributed by atoms with van der Waals surface area (Å²) in [6.45, 7) is 1.94. The van der Waals surface area contributed by atoms with E-state index in [1.165, 1.54) is 11.9 Å². The van der Waals surface area contributed by atoms with Crippen molar-refractivity contribution in [2.45, 2.75) is 19.4 Å². The number of hydrogen-bond acceptors (Lipinski definition) is 3. The Hall–Kier alpha value is -0.710. The van der Waals surface area contributed by atoms with Gasteiger partial charge >= 0.3 is 11.9 Å². The molecular weight excluding hydrogens is 190 g/mol. The summed E-state index contributed by atoms with van der Waals surface area (Å²) in [4.78, 5) is 22.7. The number of carboxylic acid groups (broad SMARTS) is 1. The summed E-state index contributed by atoms with van der Waals surface area (Å²) in [7, 11) is 1.53.